The van der Waals surface area contributed by atoms with E-state index in [0.29, 0.717) is 12.5 Å². The average molecular weight is 289 g/mol. The fraction of sp³-hybridized carbons (Fsp3) is 0.467. The number of aromatic amines is 1. The first-order valence-corrected chi connectivity index (χ1v) is 7.30. The first-order chi connectivity index (χ1) is 10.1. The second-order valence-corrected chi connectivity index (χ2v) is 5.73. The Balaban J connectivity index is 1.68. The Kier molecular flexibility index (Phi) is 3.68. The molecule has 0 unspecified atom stereocenters. The maximum absolute atomic E-state index is 12.0. The van der Waals surface area contributed by atoms with Crippen LogP contribution in [-0.4, -0.2) is 26.8 Å². The van der Waals surface area contributed by atoms with Crippen LogP contribution in [0, 0.1) is 5.92 Å². The zero-order valence-electron chi connectivity index (χ0n) is 11.7. The SMILES string of the molecule is O=C(O)N[C@H]1CC[C@@H](Cn2c(=O)[nH]c3ccccc32)CC1. The summed E-state index contributed by atoms with van der Waals surface area (Å²) in [5.74, 6) is 0.425. The van der Waals surface area contributed by atoms with Gasteiger partial charge in [-0.25, -0.2) is 9.59 Å². The van der Waals surface area contributed by atoms with E-state index in [9.17, 15) is 9.59 Å². The van der Waals surface area contributed by atoms with Crippen LogP contribution in [0.4, 0.5) is 4.79 Å². The van der Waals surface area contributed by atoms with Gasteiger partial charge in [-0.15, -0.1) is 0 Å². The first kappa shape index (κ1) is 13.7. The highest BCUT2D eigenvalue weighted by Gasteiger charge is 2.23. The van der Waals surface area contributed by atoms with Crippen LogP contribution in [0.25, 0.3) is 11.0 Å². The van der Waals surface area contributed by atoms with Crippen molar-refractivity contribution in [1.82, 2.24) is 14.9 Å². The minimum absolute atomic E-state index is 0.0541. The Hall–Kier alpha value is -2.24. The summed E-state index contributed by atoms with van der Waals surface area (Å²) < 4.78 is 1.80. The fourth-order valence-corrected chi connectivity index (χ4v) is 3.21. The Labute approximate surface area is 121 Å². The monoisotopic (exact) mass is 289 g/mol. The van der Waals surface area contributed by atoms with Crippen LogP contribution in [0.3, 0.4) is 0 Å². The summed E-state index contributed by atoms with van der Waals surface area (Å²) in [6.07, 6.45) is 2.61. The van der Waals surface area contributed by atoms with Crippen molar-refractivity contribution in [2.45, 2.75) is 38.3 Å². The molecule has 1 aromatic carbocycles. The molecule has 0 aliphatic heterocycles. The van der Waals surface area contributed by atoms with Gasteiger partial charge in [0, 0.05) is 12.6 Å². The Morgan fingerprint density at radius 3 is 2.71 bits per heavy atom. The molecule has 6 heteroatoms. The molecule has 3 rings (SSSR count). The number of amides is 1. The van der Waals surface area contributed by atoms with Gasteiger partial charge in [0.05, 0.1) is 11.0 Å². The van der Waals surface area contributed by atoms with Crippen LogP contribution < -0.4 is 11.0 Å². The van der Waals surface area contributed by atoms with Gasteiger partial charge in [-0.2, -0.15) is 0 Å². The molecule has 1 fully saturated rings. The zero-order chi connectivity index (χ0) is 14.8. The molecular weight excluding hydrogens is 270 g/mol. The third-order valence-corrected chi connectivity index (χ3v) is 4.30. The lowest BCUT2D eigenvalue weighted by atomic mass is 9.86. The van der Waals surface area contributed by atoms with Crippen LogP contribution >= 0.6 is 0 Å². The smallest absolute Gasteiger partial charge is 0.404 e. The highest BCUT2D eigenvalue weighted by molar-refractivity contribution is 5.74. The number of benzene rings is 1. The van der Waals surface area contributed by atoms with Crippen LogP contribution in [0.1, 0.15) is 25.7 Å². The quantitative estimate of drug-likeness (QED) is 0.809. The number of aromatic nitrogens is 2. The number of fused-ring (bicyclic) bond motifs is 1. The van der Waals surface area contributed by atoms with E-state index in [0.717, 1.165) is 36.7 Å². The van der Waals surface area contributed by atoms with Crippen LogP contribution in [0.2, 0.25) is 0 Å². The lowest BCUT2D eigenvalue weighted by Gasteiger charge is -2.28. The Morgan fingerprint density at radius 2 is 2.00 bits per heavy atom. The molecule has 1 aliphatic carbocycles. The third-order valence-electron chi connectivity index (χ3n) is 4.30. The predicted octanol–water partition coefficient (Wildman–Crippen LogP) is 2.16. The molecule has 0 saturated heterocycles. The van der Waals surface area contributed by atoms with Crippen molar-refractivity contribution in [3.63, 3.8) is 0 Å². The number of para-hydroxylation sites is 2. The predicted molar refractivity (Wildman–Crippen MR) is 79.5 cm³/mol. The number of carboxylic acid groups (broad SMARTS) is 1. The van der Waals surface area contributed by atoms with Gasteiger partial charge in [0.2, 0.25) is 0 Å². The highest BCUT2D eigenvalue weighted by atomic mass is 16.4. The number of nitrogens with one attached hydrogen (secondary N) is 2. The molecule has 1 amide bonds. The van der Waals surface area contributed by atoms with E-state index < -0.39 is 6.09 Å². The fourth-order valence-electron chi connectivity index (χ4n) is 3.21. The molecule has 0 radical (unpaired) electrons. The number of rotatable bonds is 3. The van der Waals surface area contributed by atoms with E-state index in [2.05, 4.69) is 10.3 Å². The second kappa shape index (κ2) is 5.63. The summed E-state index contributed by atoms with van der Waals surface area (Å²) in [4.78, 5) is 25.5. The summed E-state index contributed by atoms with van der Waals surface area (Å²) in [7, 11) is 0. The van der Waals surface area contributed by atoms with Crippen LogP contribution in [0.5, 0.6) is 0 Å². The van der Waals surface area contributed by atoms with Crippen molar-refractivity contribution in [3.8, 4) is 0 Å². The summed E-state index contributed by atoms with van der Waals surface area (Å²) in [5, 5.41) is 11.3. The van der Waals surface area contributed by atoms with Crippen molar-refractivity contribution >= 4 is 17.1 Å². The zero-order valence-corrected chi connectivity index (χ0v) is 11.7. The Bertz CT molecular complexity index is 695. The molecule has 2 aromatic rings. The largest absolute Gasteiger partial charge is 0.465 e. The van der Waals surface area contributed by atoms with Gasteiger partial charge in [-0.3, -0.25) is 4.57 Å². The van der Waals surface area contributed by atoms with Gasteiger partial charge < -0.3 is 15.4 Å². The normalized spacial score (nSPS) is 22.3. The molecule has 0 bridgehead atoms. The topological polar surface area (TPSA) is 87.1 Å². The van der Waals surface area contributed by atoms with E-state index in [-0.39, 0.29) is 11.7 Å². The summed E-state index contributed by atoms with van der Waals surface area (Å²) >= 11 is 0. The van der Waals surface area contributed by atoms with Gasteiger partial charge in [0.15, 0.2) is 0 Å². The number of imidazole rings is 1. The molecule has 1 aliphatic rings. The first-order valence-electron chi connectivity index (χ1n) is 7.30. The minimum atomic E-state index is -0.953. The average Bonchev–Trinajstić information content (AvgIpc) is 2.77. The van der Waals surface area contributed by atoms with Crippen molar-refractivity contribution in [2.75, 3.05) is 0 Å². The van der Waals surface area contributed by atoms with Gasteiger partial charge >= 0.3 is 11.8 Å². The molecule has 1 heterocycles. The number of H-pyrrole nitrogens is 1. The highest BCUT2D eigenvalue weighted by Crippen LogP contribution is 2.26. The van der Waals surface area contributed by atoms with E-state index >= 15 is 0 Å². The van der Waals surface area contributed by atoms with E-state index in [4.69, 9.17) is 5.11 Å². The number of hydrogen-bond donors (Lipinski definition) is 3. The lowest BCUT2D eigenvalue weighted by Crippen LogP contribution is -2.37. The molecule has 1 aromatic heterocycles. The van der Waals surface area contributed by atoms with Crippen molar-refractivity contribution in [2.24, 2.45) is 5.92 Å². The van der Waals surface area contributed by atoms with Gasteiger partial charge in [0.1, 0.15) is 0 Å². The number of carbonyl (C=O) groups is 1. The maximum atomic E-state index is 12.0. The molecule has 0 atom stereocenters. The van der Waals surface area contributed by atoms with Crippen LogP contribution in [0.15, 0.2) is 29.1 Å². The minimum Gasteiger partial charge on any atom is -0.465 e. The van der Waals surface area contributed by atoms with Gasteiger partial charge in [0.25, 0.3) is 0 Å². The molecule has 3 N–H and O–H groups in total. The molecule has 21 heavy (non-hydrogen) atoms. The standard InChI is InChI=1S/C15H19N3O3/c19-14-17-12-3-1-2-4-13(12)18(14)9-10-5-7-11(8-6-10)16-15(20)21/h1-4,10-11,16H,5-9H2,(H,17,19)(H,20,21)/t10-,11+. The number of hydrogen-bond acceptors (Lipinski definition) is 2. The van der Waals surface area contributed by atoms with E-state index in [1.165, 1.54) is 0 Å². The summed E-state index contributed by atoms with van der Waals surface area (Å²) in [5.41, 5.74) is 1.74. The molecule has 6 nitrogen and oxygen atoms in total. The van der Waals surface area contributed by atoms with E-state index in [1.807, 2.05) is 24.3 Å². The van der Waals surface area contributed by atoms with Gasteiger partial charge in [-0.05, 0) is 43.7 Å². The summed E-state index contributed by atoms with van der Waals surface area (Å²) in [6.45, 7) is 0.697. The lowest BCUT2D eigenvalue weighted by molar-refractivity contribution is 0.181. The molecule has 0 spiro atoms. The van der Waals surface area contributed by atoms with E-state index in [1.54, 1.807) is 4.57 Å². The van der Waals surface area contributed by atoms with Crippen LogP contribution in [-0.2, 0) is 6.54 Å². The maximum Gasteiger partial charge on any atom is 0.404 e. The molecule has 112 valence electrons. The van der Waals surface area contributed by atoms with Gasteiger partial charge in [-0.1, -0.05) is 12.1 Å². The molecule has 1 saturated carbocycles. The Morgan fingerprint density at radius 1 is 1.29 bits per heavy atom. The van der Waals surface area contributed by atoms with Crippen molar-refractivity contribution in [1.29, 1.82) is 0 Å². The third kappa shape index (κ3) is 2.94. The molecular formula is C15H19N3O3. The van der Waals surface area contributed by atoms with Crippen molar-refractivity contribution in [3.05, 3.63) is 34.7 Å². The summed E-state index contributed by atoms with van der Waals surface area (Å²) in [6, 6.07) is 7.75. The second-order valence-electron chi connectivity index (χ2n) is 5.73. The van der Waals surface area contributed by atoms with Crippen molar-refractivity contribution < 1.29 is 9.90 Å². The number of nitrogens with zero attached hydrogens (tertiary/aromatic N) is 1.